The highest BCUT2D eigenvalue weighted by Crippen LogP contribution is 2.18. The molecule has 30 heavy (non-hydrogen) atoms. The minimum absolute atomic E-state index is 0.149. The zero-order chi connectivity index (χ0) is 22.1. The molecule has 0 radical (unpaired) electrons. The number of esters is 1. The molecule has 1 N–H and O–H groups in total. The molecule has 2 rings (SSSR count). The van der Waals surface area contributed by atoms with E-state index in [0.717, 1.165) is 11.1 Å². The topological polar surface area (TPSA) is 75.7 Å². The highest BCUT2D eigenvalue weighted by atomic mass is 16.5. The summed E-state index contributed by atoms with van der Waals surface area (Å²) in [5.41, 5.74) is 1.85. The van der Waals surface area contributed by atoms with Gasteiger partial charge in [-0.1, -0.05) is 74.5 Å². The van der Waals surface area contributed by atoms with Crippen LogP contribution in [0.2, 0.25) is 0 Å². The van der Waals surface area contributed by atoms with Gasteiger partial charge in [0.05, 0.1) is 12.5 Å². The fourth-order valence-corrected chi connectivity index (χ4v) is 3.00. The lowest BCUT2D eigenvalue weighted by Gasteiger charge is -2.26. The summed E-state index contributed by atoms with van der Waals surface area (Å²) in [5, 5.41) is 2.73. The zero-order valence-corrected chi connectivity index (χ0v) is 18.0. The first-order valence-electron chi connectivity index (χ1n) is 10.1. The van der Waals surface area contributed by atoms with Gasteiger partial charge in [0.25, 0.3) is 5.91 Å². The summed E-state index contributed by atoms with van der Waals surface area (Å²) in [7, 11) is 1.68. The number of nitrogens with one attached hydrogen (secondary N) is 1. The Kier molecular flexibility index (Phi) is 8.59. The van der Waals surface area contributed by atoms with Crippen LogP contribution in [0.5, 0.6) is 0 Å². The molecule has 6 heteroatoms. The van der Waals surface area contributed by atoms with Crippen LogP contribution in [0.15, 0.2) is 60.7 Å². The molecule has 2 amide bonds. The number of nitrogens with zero attached hydrogens (tertiary/aromatic N) is 1. The maximum atomic E-state index is 12.5. The lowest BCUT2D eigenvalue weighted by molar-refractivity contribution is -0.155. The molecule has 0 aliphatic carbocycles. The second-order valence-corrected chi connectivity index (χ2v) is 7.65. The Labute approximate surface area is 178 Å². The van der Waals surface area contributed by atoms with E-state index in [-0.39, 0.29) is 36.8 Å². The minimum Gasteiger partial charge on any atom is -0.454 e. The van der Waals surface area contributed by atoms with Crippen LogP contribution in [0, 0.1) is 5.92 Å². The van der Waals surface area contributed by atoms with Crippen LogP contribution in [-0.4, -0.2) is 42.4 Å². The molecular formula is C24H30N2O4. The third kappa shape index (κ3) is 6.72. The molecule has 0 fully saturated rings. The van der Waals surface area contributed by atoms with E-state index < -0.39 is 12.0 Å². The van der Waals surface area contributed by atoms with Gasteiger partial charge in [-0.3, -0.25) is 9.59 Å². The van der Waals surface area contributed by atoms with Crippen molar-refractivity contribution in [3.63, 3.8) is 0 Å². The number of carbonyl (C=O) groups is 3. The molecule has 2 atom stereocenters. The van der Waals surface area contributed by atoms with Gasteiger partial charge in [0.1, 0.15) is 6.04 Å². The number of rotatable bonds is 9. The van der Waals surface area contributed by atoms with Gasteiger partial charge in [-0.2, -0.15) is 0 Å². The van der Waals surface area contributed by atoms with Crippen molar-refractivity contribution < 1.29 is 19.1 Å². The normalized spacial score (nSPS) is 12.7. The van der Waals surface area contributed by atoms with Crippen LogP contribution in [0.4, 0.5) is 0 Å². The van der Waals surface area contributed by atoms with Crippen LogP contribution >= 0.6 is 0 Å². The van der Waals surface area contributed by atoms with Crippen LogP contribution in [0.1, 0.15) is 37.9 Å². The van der Waals surface area contributed by atoms with Crippen molar-refractivity contribution in [1.29, 1.82) is 0 Å². The van der Waals surface area contributed by atoms with Gasteiger partial charge in [0, 0.05) is 7.05 Å². The average Bonchev–Trinajstić information content (AvgIpc) is 2.75. The summed E-state index contributed by atoms with van der Waals surface area (Å²) >= 11 is 0. The zero-order valence-electron chi connectivity index (χ0n) is 18.0. The van der Waals surface area contributed by atoms with Crippen molar-refractivity contribution in [2.24, 2.45) is 5.92 Å². The number of carbonyl (C=O) groups excluding carboxylic acids is 3. The van der Waals surface area contributed by atoms with Gasteiger partial charge in [-0.15, -0.1) is 0 Å². The molecule has 0 saturated carbocycles. The fourth-order valence-electron chi connectivity index (χ4n) is 3.00. The van der Waals surface area contributed by atoms with Gasteiger partial charge in [0.2, 0.25) is 5.91 Å². The summed E-state index contributed by atoms with van der Waals surface area (Å²) in [6.45, 7) is 5.18. The molecule has 0 aliphatic rings. The molecule has 0 saturated heterocycles. The molecular weight excluding hydrogens is 380 g/mol. The Bertz CT molecular complexity index is 837. The Morgan fingerprint density at radius 1 is 0.933 bits per heavy atom. The Balaban J connectivity index is 1.89. The Hall–Kier alpha value is -3.15. The van der Waals surface area contributed by atoms with Crippen molar-refractivity contribution >= 4 is 17.8 Å². The lowest BCUT2D eigenvalue weighted by atomic mass is 10.0. The fraction of sp³-hybridized carbons (Fsp3) is 0.375. The molecule has 0 aromatic heterocycles. The van der Waals surface area contributed by atoms with E-state index in [0.29, 0.717) is 0 Å². The van der Waals surface area contributed by atoms with Gasteiger partial charge >= 0.3 is 5.97 Å². The maximum absolute atomic E-state index is 12.5. The Morgan fingerprint density at radius 2 is 1.50 bits per heavy atom. The van der Waals surface area contributed by atoms with Gasteiger partial charge in [-0.05, 0) is 24.0 Å². The molecule has 6 nitrogen and oxygen atoms in total. The molecule has 2 aromatic carbocycles. The summed E-state index contributed by atoms with van der Waals surface area (Å²) in [4.78, 5) is 38.9. The van der Waals surface area contributed by atoms with E-state index in [9.17, 15) is 14.4 Å². The van der Waals surface area contributed by atoms with Crippen molar-refractivity contribution in [2.45, 2.75) is 39.3 Å². The van der Waals surface area contributed by atoms with E-state index in [1.54, 1.807) is 11.9 Å². The van der Waals surface area contributed by atoms with E-state index in [1.807, 2.05) is 81.4 Å². The first-order chi connectivity index (χ1) is 14.3. The number of hydrogen-bond acceptors (Lipinski definition) is 4. The standard InChI is InChI=1S/C24H30N2O4/c1-17(2)23(25-21(27)15-19-11-7-5-8-12-19)24(29)30-16-22(28)26(4)18(3)20-13-9-6-10-14-20/h5-14,17-18,23H,15-16H2,1-4H3,(H,25,27)/t18-,23+/m1/s1. The smallest absolute Gasteiger partial charge is 0.329 e. The monoisotopic (exact) mass is 410 g/mol. The second kappa shape index (κ2) is 11.1. The van der Waals surface area contributed by atoms with Crippen LogP contribution < -0.4 is 5.32 Å². The van der Waals surface area contributed by atoms with E-state index in [1.165, 1.54) is 0 Å². The van der Waals surface area contributed by atoms with Crippen molar-refractivity contribution in [2.75, 3.05) is 13.7 Å². The highest BCUT2D eigenvalue weighted by molar-refractivity contribution is 5.87. The number of hydrogen-bond donors (Lipinski definition) is 1. The van der Waals surface area contributed by atoms with E-state index >= 15 is 0 Å². The first kappa shape index (κ1) is 23.1. The van der Waals surface area contributed by atoms with E-state index in [4.69, 9.17) is 4.74 Å². The molecule has 0 bridgehead atoms. The van der Waals surface area contributed by atoms with Crippen LogP contribution in [-0.2, 0) is 25.5 Å². The molecule has 0 spiro atoms. The largest absolute Gasteiger partial charge is 0.454 e. The Morgan fingerprint density at radius 3 is 2.07 bits per heavy atom. The third-order valence-electron chi connectivity index (χ3n) is 5.04. The molecule has 2 aromatic rings. The number of amides is 2. The van der Waals surface area contributed by atoms with Gasteiger partial charge in [-0.25, -0.2) is 4.79 Å². The summed E-state index contributed by atoms with van der Waals surface area (Å²) in [6, 6.07) is 18.0. The van der Waals surface area contributed by atoms with Crippen molar-refractivity contribution in [3.8, 4) is 0 Å². The minimum atomic E-state index is -0.814. The predicted octanol–water partition coefficient (Wildman–Crippen LogP) is 3.13. The number of ether oxygens (including phenoxy) is 1. The SMILES string of the molecule is CC(C)[C@H](NC(=O)Cc1ccccc1)C(=O)OCC(=O)N(C)[C@H](C)c1ccccc1. The van der Waals surface area contributed by atoms with Gasteiger partial charge in [0.15, 0.2) is 6.61 Å². The molecule has 0 unspecified atom stereocenters. The summed E-state index contributed by atoms with van der Waals surface area (Å²) < 4.78 is 5.24. The van der Waals surface area contributed by atoms with Gasteiger partial charge < -0.3 is 15.0 Å². The highest BCUT2D eigenvalue weighted by Gasteiger charge is 2.27. The second-order valence-electron chi connectivity index (χ2n) is 7.65. The first-order valence-corrected chi connectivity index (χ1v) is 10.1. The van der Waals surface area contributed by atoms with Crippen molar-refractivity contribution in [1.82, 2.24) is 10.2 Å². The van der Waals surface area contributed by atoms with Crippen LogP contribution in [0.25, 0.3) is 0 Å². The van der Waals surface area contributed by atoms with E-state index in [2.05, 4.69) is 5.32 Å². The number of benzene rings is 2. The third-order valence-corrected chi connectivity index (χ3v) is 5.04. The lowest BCUT2D eigenvalue weighted by Crippen LogP contribution is -2.46. The quantitative estimate of drug-likeness (QED) is 0.645. The molecule has 0 heterocycles. The maximum Gasteiger partial charge on any atom is 0.329 e. The van der Waals surface area contributed by atoms with Crippen LogP contribution in [0.3, 0.4) is 0 Å². The van der Waals surface area contributed by atoms with Crippen molar-refractivity contribution in [3.05, 3.63) is 71.8 Å². The average molecular weight is 411 g/mol. The molecule has 0 aliphatic heterocycles. The summed E-state index contributed by atoms with van der Waals surface area (Å²) in [6.07, 6.45) is 0.174. The predicted molar refractivity (Wildman–Crippen MR) is 116 cm³/mol. The molecule has 160 valence electrons. The number of likely N-dealkylation sites (N-methyl/N-ethyl adjacent to an activating group) is 1. The summed E-state index contributed by atoms with van der Waals surface area (Å²) in [5.74, 6) is -1.36.